The summed E-state index contributed by atoms with van der Waals surface area (Å²) < 4.78 is 42.8. The minimum absolute atomic E-state index is 0.0737. The summed E-state index contributed by atoms with van der Waals surface area (Å²) in [4.78, 5) is 27.4. The molecule has 0 saturated carbocycles. The molecule has 9 heteroatoms. The van der Waals surface area contributed by atoms with E-state index in [0.29, 0.717) is 11.8 Å². The maximum absolute atomic E-state index is 12.7. The molecule has 0 aliphatic rings. The number of amides is 1. The number of hydrogen-bond donors (Lipinski definition) is 1. The Kier molecular flexibility index (Phi) is 5.63. The molecule has 0 fully saturated rings. The van der Waals surface area contributed by atoms with Crippen LogP contribution in [0, 0.1) is 6.92 Å². The van der Waals surface area contributed by atoms with Crippen molar-refractivity contribution in [3.8, 4) is 0 Å². The van der Waals surface area contributed by atoms with Crippen LogP contribution in [0.5, 0.6) is 0 Å². The number of pyridine rings is 1. The molecule has 0 bridgehead atoms. The number of aryl methyl sites for hydroxylation is 1. The maximum atomic E-state index is 12.7. The summed E-state index contributed by atoms with van der Waals surface area (Å²) in [5.74, 6) is -1.60. The molecular formula is C16H12ClF3N2O3. The molecule has 0 unspecified atom stereocenters. The first-order valence-corrected chi connectivity index (χ1v) is 7.31. The second-order valence-electron chi connectivity index (χ2n) is 5.00. The summed E-state index contributed by atoms with van der Waals surface area (Å²) in [6, 6.07) is 5.59. The number of carbonyl (C=O) groups excluding carboxylic acids is 2. The predicted molar refractivity (Wildman–Crippen MR) is 84.3 cm³/mol. The van der Waals surface area contributed by atoms with E-state index in [0.717, 1.165) is 12.1 Å². The molecule has 2 aromatic rings. The Morgan fingerprint density at radius 1 is 1.24 bits per heavy atom. The molecule has 1 aromatic heterocycles. The second kappa shape index (κ2) is 7.52. The highest BCUT2D eigenvalue weighted by Gasteiger charge is 2.31. The van der Waals surface area contributed by atoms with Crippen molar-refractivity contribution in [2.24, 2.45) is 0 Å². The SMILES string of the molecule is Cc1ccc(C(=O)OCC(=O)Nc2cc(C(F)(F)F)ccc2Cl)cn1. The van der Waals surface area contributed by atoms with Gasteiger partial charge in [0.2, 0.25) is 0 Å². The molecule has 2 rings (SSSR count). The van der Waals surface area contributed by atoms with Gasteiger partial charge in [0.1, 0.15) is 0 Å². The highest BCUT2D eigenvalue weighted by atomic mass is 35.5. The standard InChI is InChI=1S/C16H12ClF3N2O3/c1-9-2-3-10(7-21-9)15(24)25-8-14(23)22-13-6-11(16(18,19)20)4-5-12(13)17/h2-7H,8H2,1H3,(H,22,23). The average molecular weight is 373 g/mol. The Morgan fingerprint density at radius 2 is 1.96 bits per heavy atom. The molecule has 0 spiro atoms. The molecule has 0 aliphatic heterocycles. The molecular weight excluding hydrogens is 361 g/mol. The number of rotatable bonds is 4. The molecule has 132 valence electrons. The minimum atomic E-state index is -4.57. The fourth-order valence-corrected chi connectivity index (χ4v) is 1.95. The smallest absolute Gasteiger partial charge is 0.416 e. The summed E-state index contributed by atoms with van der Waals surface area (Å²) in [5, 5.41) is 2.10. The summed E-state index contributed by atoms with van der Waals surface area (Å²) in [6.45, 7) is 1.06. The third kappa shape index (κ3) is 5.18. The number of nitrogens with one attached hydrogen (secondary N) is 1. The lowest BCUT2D eigenvalue weighted by Crippen LogP contribution is -2.21. The van der Waals surface area contributed by atoms with Crippen LogP contribution < -0.4 is 5.32 Å². The Labute approximate surface area is 145 Å². The third-order valence-electron chi connectivity index (χ3n) is 3.05. The largest absolute Gasteiger partial charge is 0.452 e. The van der Waals surface area contributed by atoms with E-state index in [1.54, 1.807) is 13.0 Å². The van der Waals surface area contributed by atoms with E-state index in [9.17, 15) is 22.8 Å². The van der Waals surface area contributed by atoms with Crippen LogP contribution >= 0.6 is 11.6 Å². The molecule has 1 aromatic carbocycles. The van der Waals surface area contributed by atoms with Crippen LogP contribution in [-0.4, -0.2) is 23.5 Å². The number of nitrogens with zero attached hydrogens (tertiary/aromatic N) is 1. The van der Waals surface area contributed by atoms with Crippen LogP contribution in [0.1, 0.15) is 21.6 Å². The predicted octanol–water partition coefficient (Wildman–Crippen LogP) is 3.86. The lowest BCUT2D eigenvalue weighted by molar-refractivity contribution is -0.137. The van der Waals surface area contributed by atoms with Gasteiger partial charge in [-0.15, -0.1) is 0 Å². The molecule has 5 nitrogen and oxygen atoms in total. The normalized spacial score (nSPS) is 11.1. The number of halogens is 4. The van der Waals surface area contributed by atoms with Gasteiger partial charge in [-0.05, 0) is 37.3 Å². The Morgan fingerprint density at radius 3 is 2.56 bits per heavy atom. The first-order chi connectivity index (χ1) is 11.7. The third-order valence-corrected chi connectivity index (χ3v) is 3.38. The molecule has 0 atom stereocenters. The molecule has 1 heterocycles. The lowest BCUT2D eigenvalue weighted by atomic mass is 10.2. The number of alkyl halides is 3. The summed E-state index contributed by atoms with van der Waals surface area (Å²) in [7, 11) is 0. The fourth-order valence-electron chi connectivity index (χ4n) is 1.79. The average Bonchev–Trinajstić information content (AvgIpc) is 2.54. The van der Waals surface area contributed by atoms with Crippen LogP contribution in [0.4, 0.5) is 18.9 Å². The Bertz CT molecular complexity index is 792. The number of hydrogen-bond acceptors (Lipinski definition) is 4. The highest BCUT2D eigenvalue weighted by Crippen LogP contribution is 2.33. The van der Waals surface area contributed by atoms with Crippen molar-refractivity contribution >= 4 is 29.2 Å². The van der Waals surface area contributed by atoms with Crippen LogP contribution in [0.15, 0.2) is 36.5 Å². The van der Waals surface area contributed by atoms with Gasteiger partial charge in [0.05, 0.1) is 21.8 Å². The molecule has 0 saturated heterocycles. The molecule has 0 radical (unpaired) electrons. The van der Waals surface area contributed by atoms with Gasteiger partial charge in [0, 0.05) is 11.9 Å². The van der Waals surface area contributed by atoms with Crippen LogP contribution in [0.2, 0.25) is 5.02 Å². The summed E-state index contributed by atoms with van der Waals surface area (Å²) in [5.41, 5.74) is -0.339. The minimum Gasteiger partial charge on any atom is -0.452 e. The zero-order valence-electron chi connectivity index (χ0n) is 12.9. The van der Waals surface area contributed by atoms with Gasteiger partial charge >= 0.3 is 12.1 Å². The van der Waals surface area contributed by atoms with Crippen molar-refractivity contribution < 1.29 is 27.5 Å². The first-order valence-electron chi connectivity index (χ1n) is 6.93. The van der Waals surface area contributed by atoms with E-state index in [1.165, 1.54) is 12.3 Å². The number of aromatic nitrogens is 1. The van der Waals surface area contributed by atoms with Crippen molar-refractivity contribution in [3.63, 3.8) is 0 Å². The van der Waals surface area contributed by atoms with Crippen LogP contribution in [-0.2, 0) is 15.7 Å². The van der Waals surface area contributed by atoms with Crippen molar-refractivity contribution in [1.82, 2.24) is 4.98 Å². The van der Waals surface area contributed by atoms with Gasteiger partial charge in [0.25, 0.3) is 5.91 Å². The number of benzene rings is 1. The van der Waals surface area contributed by atoms with Crippen molar-refractivity contribution in [2.45, 2.75) is 13.1 Å². The van der Waals surface area contributed by atoms with Gasteiger partial charge in [-0.1, -0.05) is 11.6 Å². The van der Waals surface area contributed by atoms with E-state index in [2.05, 4.69) is 10.3 Å². The zero-order chi connectivity index (χ0) is 18.6. The number of ether oxygens (including phenoxy) is 1. The van der Waals surface area contributed by atoms with E-state index >= 15 is 0 Å². The van der Waals surface area contributed by atoms with Gasteiger partial charge in [-0.3, -0.25) is 9.78 Å². The second-order valence-corrected chi connectivity index (χ2v) is 5.41. The van der Waals surface area contributed by atoms with Gasteiger partial charge < -0.3 is 10.1 Å². The maximum Gasteiger partial charge on any atom is 0.416 e. The summed E-state index contributed by atoms with van der Waals surface area (Å²) >= 11 is 5.77. The Hall–Kier alpha value is -2.61. The molecule has 0 aliphatic carbocycles. The molecule has 25 heavy (non-hydrogen) atoms. The van der Waals surface area contributed by atoms with Gasteiger partial charge in [0.15, 0.2) is 6.61 Å². The van der Waals surface area contributed by atoms with Crippen molar-refractivity contribution in [2.75, 3.05) is 11.9 Å². The molecule has 1 amide bonds. The number of carbonyl (C=O) groups is 2. The highest BCUT2D eigenvalue weighted by molar-refractivity contribution is 6.33. The van der Waals surface area contributed by atoms with Crippen molar-refractivity contribution in [3.05, 3.63) is 58.4 Å². The van der Waals surface area contributed by atoms with Crippen LogP contribution in [0.3, 0.4) is 0 Å². The van der Waals surface area contributed by atoms with E-state index in [1.807, 2.05) is 0 Å². The Balaban J connectivity index is 1.98. The van der Waals surface area contributed by atoms with Gasteiger partial charge in [-0.25, -0.2) is 4.79 Å². The van der Waals surface area contributed by atoms with E-state index < -0.39 is 30.2 Å². The number of esters is 1. The lowest BCUT2D eigenvalue weighted by Gasteiger charge is -2.11. The van der Waals surface area contributed by atoms with E-state index in [4.69, 9.17) is 16.3 Å². The number of anilines is 1. The van der Waals surface area contributed by atoms with Crippen molar-refractivity contribution in [1.29, 1.82) is 0 Å². The topological polar surface area (TPSA) is 68.3 Å². The first kappa shape index (κ1) is 18.7. The zero-order valence-corrected chi connectivity index (χ0v) is 13.6. The summed E-state index contributed by atoms with van der Waals surface area (Å²) in [6.07, 6.45) is -3.28. The van der Waals surface area contributed by atoms with Crippen LogP contribution in [0.25, 0.3) is 0 Å². The van der Waals surface area contributed by atoms with E-state index in [-0.39, 0.29) is 16.3 Å². The monoisotopic (exact) mass is 372 g/mol. The quantitative estimate of drug-likeness (QED) is 0.827. The molecule has 1 N–H and O–H groups in total. The fraction of sp³-hybridized carbons (Fsp3) is 0.188. The van der Waals surface area contributed by atoms with Gasteiger partial charge in [-0.2, -0.15) is 13.2 Å².